The molecule has 4 rings (SSSR count). The van der Waals surface area contributed by atoms with Crippen molar-refractivity contribution in [1.29, 1.82) is 0 Å². The Balaban J connectivity index is 1.54. The molecular formula is C36H48ClN5O6. The molecule has 0 bridgehead atoms. The van der Waals surface area contributed by atoms with Crippen LogP contribution in [0.1, 0.15) is 64.2 Å². The summed E-state index contributed by atoms with van der Waals surface area (Å²) < 4.78 is 6.10. The minimum atomic E-state index is -1.23. The van der Waals surface area contributed by atoms with Gasteiger partial charge in [0.15, 0.2) is 0 Å². The molecule has 0 spiro atoms. The molecule has 2 aromatic rings. The van der Waals surface area contributed by atoms with Gasteiger partial charge in [0.25, 0.3) is 5.91 Å². The van der Waals surface area contributed by atoms with E-state index in [1.54, 1.807) is 6.07 Å². The zero-order valence-electron chi connectivity index (χ0n) is 28.5. The fourth-order valence-corrected chi connectivity index (χ4v) is 6.45. The summed E-state index contributed by atoms with van der Waals surface area (Å²) in [5, 5.41) is 8.78. The van der Waals surface area contributed by atoms with E-state index >= 15 is 0 Å². The Hall–Kier alpha value is -3.96. The zero-order valence-corrected chi connectivity index (χ0v) is 29.2. The minimum Gasteiger partial charge on any atom is -0.440 e. The molecule has 3 N–H and O–H groups in total. The molecule has 2 aliphatic rings. The van der Waals surface area contributed by atoms with Gasteiger partial charge in [0.2, 0.25) is 17.6 Å². The monoisotopic (exact) mass is 681 g/mol. The summed E-state index contributed by atoms with van der Waals surface area (Å²) in [5.41, 5.74) is 0.892. The van der Waals surface area contributed by atoms with Crippen LogP contribution < -0.4 is 16.0 Å². The highest BCUT2D eigenvalue weighted by Crippen LogP contribution is 2.40. The summed E-state index contributed by atoms with van der Waals surface area (Å²) in [6.45, 7) is 10.2. The Morgan fingerprint density at radius 3 is 2.27 bits per heavy atom. The first-order valence-corrected chi connectivity index (χ1v) is 17.0. The number of hydrogen-bond acceptors (Lipinski definition) is 7. The lowest BCUT2D eigenvalue weighted by atomic mass is 9.76. The highest BCUT2D eigenvalue weighted by molar-refractivity contribution is 6.38. The summed E-state index contributed by atoms with van der Waals surface area (Å²) in [6, 6.07) is 14.4. The number of benzene rings is 2. The Morgan fingerprint density at radius 2 is 1.67 bits per heavy atom. The molecule has 0 radical (unpaired) electrons. The number of piperazine rings is 1. The lowest BCUT2D eigenvalue weighted by Crippen LogP contribution is -2.57. The van der Waals surface area contributed by atoms with Crippen molar-refractivity contribution in [2.24, 2.45) is 11.8 Å². The number of halogens is 1. The molecule has 2 fully saturated rings. The molecule has 2 aliphatic heterocycles. The number of amides is 4. The van der Waals surface area contributed by atoms with Gasteiger partial charge in [-0.2, -0.15) is 0 Å². The van der Waals surface area contributed by atoms with E-state index in [-0.39, 0.29) is 24.7 Å². The Bertz CT molecular complexity index is 1460. The SMILES string of the molecule is CC(C)C[C@H](NC(=O)OC(c1ccccc1)C(C)(C)c1cccc(Cl)c1)C(=O)N[C@@H](C[C@@H]1CCNC1=O)C(=O)C(=O)N1CCN(C)CC1. The number of Topliss-reactive ketones (excluding diaryl/α,β-unsaturated/α-hetero) is 1. The number of alkyl carbamates (subject to hydrolysis) is 1. The second-order valence-corrected chi connectivity index (χ2v) is 14.2. The first-order chi connectivity index (χ1) is 22.8. The second kappa shape index (κ2) is 16.4. The van der Waals surface area contributed by atoms with Crippen molar-refractivity contribution < 1.29 is 28.7 Å². The predicted octanol–water partition coefficient (Wildman–Crippen LogP) is 3.85. The third-order valence-corrected chi connectivity index (χ3v) is 9.42. The number of rotatable bonds is 13. The number of nitrogens with zero attached hydrogens (tertiary/aromatic N) is 2. The van der Waals surface area contributed by atoms with E-state index in [1.807, 2.05) is 83.3 Å². The van der Waals surface area contributed by atoms with Gasteiger partial charge in [0.05, 0.1) is 6.04 Å². The van der Waals surface area contributed by atoms with Gasteiger partial charge < -0.3 is 30.5 Å². The van der Waals surface area contributed by atoms with Crippen LogP contribution in [0.4, 0.5) is 4.79 Å². The van der Waals surface area contributed by atoms with E-state index in [0.717, 1.165) is 11.1 Å². The van der Waals surface area contributed by atoms with Crippen LogP contribution in [-0.2, 0) is 29.3 Å². The van der Waals surface area contributed by atoms with E-state index in [0.29, 0.717) is 44.2 Å². The van der Waals surface area contributed by atoms with Crippen molar-refractivity contribution in [2.45, 2.75) is 70.6 Å². The van der Waals surface area contributed by atoms with Crippen LogP contribution in [0.2, 0.25) is 5.02 Å². The van der Waals surface area contributed by atoms with Crippen molar-refractivity contribution in [1.82, 2.24) is 25.8 Å². The van der Waals surface area contributed by atoms with E-state index in [4.69, 9.17) is 16.3 Å². The summed E-state index contributed by atoms with van der Waals surface area (Å²) in [6.07, 6.45) is -0.850. The van der Waals surface area contributed by atoms with E-state index in [9.17, 15) is 24.0 Å². The number of hydrogen-bond donors (Lipinski definition) is 3. The molecule has 0 aromatic heterocycles. The highest BCUT2D eigenvalue weighted by Gasteiger charge is 2.39. The summed E-state index contributed by atoms with van der Waals surface area (Å²) in [4.78, 5) is 70.4. The third kappa shape index (κ3) is 9.56. The van der Waals surface area contributed by atoms with Crippen LogP contribution in [0.5, 0.6) is 0 Å². The average molecular weight is 682 g/mol. The topological polar surface area (TPSA) is 137 Å². The first kappa shape index (κ1) is 36.9. The fraction of sp³-hybridized carbons (Fsp3) is 0.528. The normalized spacial score (nSPS) is 18.9. The molecule has 11 nitrogen and oxygen atoms in total. The molecule has 0 aliphatic carbocycles. The van der Waals surface area contributed by atoms with Crippen LogP contribution in [0, 0.1) is 11.8 Å². The van der Waals surface area contributed by atoms with E-state index < -0.39 is 53.2 Å². The quantitative estimate of drug-likeness (QED) is 0.273. The predicted molar refractivity (Wildman–Crippen MR) is 183 cm³/mol. The molecule has 2 aromatic carbocycles. The van der Waals surface area contributed by atoms with Crippen molar-refractivity contribution >= 4 is 41.2 Å². The number of likely N-dealkylation sites (N-methyl/N-ethyl adjacent to an activating group) is 1. The molecule has 0 saturated carbocycles. The molecule has 2 heterocycles. The van der Waals surface area contributed by atoms with Crippen molar-refractivity contribution in [3.05, 3.63) is 70.7 Å². The van der Waals surface area contributed by atoms with Gasteiger partial charge in [-0.3, -0.25) is 19.2 Å². The number of nitrogens with one attached hydrogen (secondary N) is 3. The lowest BCUT2D eigenvalue weighted by molar-refractivity contribution is -0.147. The number of carbonyl (C=O) groups is 5. The van der Waals surface area contributed by atoms with E-state index in [2.05, 4.69) is 20.9 Å². The van der Waals surface area contributed by atoms with Crippen molar-refractivity contribution in [3.8, 4) is 0 Å². The molecule has 4 amide bonds. The maximum Gasteiger partial charge on any atom is 0.408 e. The van der Waals surface area contributed by atoms with E-state index in [1.165, 1.54) is 4.90 Å². The molecular weight excluding hydrogens is 634 g/mol. The third-order valence-electron chi connectivity index (χ3n) is 9.18. The Kier molecular flexibility index (Phi) is 12.6. The highest BCUT2D eigenvalue weighted by atomic mass is 35.5. The maximum absolute atomic E-state index is 13.9. The average Bonchev–Trinajstić information content (AvgIpc) is 3.46. The Morgan fingerprint density at radius 1 is 0.979 bits per heavy atom. The van der Waals surface area contributed by atoms with Crippen molar-refractivity contribution in [3.63, 3.8) is 0 Å². The minimum absolute atomic E-state index is 0.0152. The van der Waals surface area contributed by atoms with Crippen molar-refractivity contribution in [2.75, 3.05) is 39.8 Å². The van der Waals surface area contributed by atoms with Crippen LogP contribution in [0.3, 0.4) is 0 Å². The second-order valence-electron chi connectivity index (χ2n) is 13.8. The molecule has 48 heavy (non-hydrogen) atoms. The lowest BCUT2D eigenvalue weighted by Gasteiger charge is -2.35. The molecule has 1 unspecified atom stereocenters. The number of ketones is 1. The van der Waals surface area contributed by atoms with Gasteiger partial charge in [0, 0.05) is 49.1 Å². The van der Waals surface area contributed by atoms with Gasteiger partial charge in [0.1, 0.15) is 12.1 Å². The van der Waals surface area contributed by atoms with Gasteiger partial charge in [-0.1, -0.05) is 81.8 Å². The standard InChI is InChI=1S/C36H48ClN5O6/c1-23(2)20-29(40-35(47)48-31(24-10-7-6-8-11-24)36(3,4)26-12-9-13-27(37)22-26)33(45)39-28(21-25-14-15-38-32(25)44)30(43)34(46)42-18-16-41(5)17-19-42/h6-13,22-23,25,28-29,31H,14-21H2,1-5H3,(H,38,44)(H,39,45)(H,40,47)/t25-,28-,29-,31?/m0/s1. The number of ether oxygens (including phenoxy) is 1. The summed E-state index contributed by atoms with van der Waals surface area (Å²) >= 11 is 6.32. The Labute approximate surface area is 288 Å². The van der Waals surface area contributed by atoms with Gasteiger partial charge in [-0.05, 0) is 55.5 Å². The summed E-state index contributed by atoms with van der Waals surface area (Å²) in [7, 11) is 1.94. The number of carbonyl (C=O) groups excluding carboxylic acids is 5. The van der Waals surface area contributed by atoms with Gasteiger partial charge in [-0.15, -0.1) is 0 Å². The van der Waals surface area contributed by atoms with Gasteiger partial charge in [-0.25, -0.2) is 4.79 Å². The first-order valence-electron chi connectivity index (χ1n) is 16.6. The largest absolute Gasteiger partial charge is 0.440 e. The molecule has 12 heteroatoms. The van der Waals surface area contributed by atoms with Gasteiger partial charge >= 0.3 is 6.09 Å². The van der Waals surface area contributed by atoms with Crippen LogP contribution in [0.25, 0.3) is 0 Å². The van der Waals surface area contributed by atoms with Crippen LogP contribution in [0.15, 0.2) is 54.6 Å². The molecule has 4 atom stereocenters. The summed E-state index contributed by atoms with van der Waals surface area (Å²) in [5.74, 6) is -2.85. The molecule has 2 saturated heterocycles. The smallest absolute Gasteiger partial charge is 0.408 e. The molecule has 260 valence electrons. The zero-order chi connectivity index (χ0) is 35.0. The fourth-order valence-electron chi connectivity index (χ4n) is 6.26. The van der Waals surface area contributed by atoms with Crippen LogP contribution >= 0.6 is 11.6 Å². The maximum atomic E-state index is 13.9. The van der Waals surface area contributed by atoms with Crippen LogP contribution in [-0.4, -0.2) is 91.3 Å².